The SMILES string of the molecule is CCOC(=O)c1c(-c2ccc(OCC)cc2)csc1NC(=O)CN1C(=O)c2ccccc2C1=O. The van der Waals surface area contributed by atoms with Crippen LogP contribution >= 0.6 is 11.3 Å². The number of hydrogen-bond donors (Lipinski definition) is 1. The second-order valence-corrected chi connectivity index (χ2v) is 8.20. The number of nitrogens with one attached hydrogen (secondary N) is 1. The van der Waals surface area contributed by atoms with Gasteiger partial charge in [-0.1, -0.05) is 24.3 Å². The van der Waals surface area contributed by atoms with E-state index in [0.717, 1.165) is 21.8 Å². The third kappa shape index (κ3) is 4.42. The van der Waals surface area contributed by atoms with E-state index in [4.69, 9.17) is 9.47 Å². The first-order valence-corrected chi connectivity index (χ1v) is 11.6. The van der Waals surface area contributed by atoms with Crippen LogP contribution in [0.3, 0.4) is 0 Å². The lowest BCUT2D eigenvalue weighted by Gasteiger charge is -2.14. The van der Waals surface area contributed by atoms with Gasteiger partial charge in [0.15, 0.2) is 0 Å². The summed E-state index contributed by atoms with van der Waals surface area (Å²) in [5.41, 5.74) is 2.10. The largest absolute Gasteiger partial charge is 0.494 e. The van der Waals surface area contributed by atoms with Gasteiger partial charge in [0.1, 0.15) is 22.9 Å². The van der Waals surface area contributed by atoms with Crippen LogP contribution in [-0.4, -0.2) is 48.3 Å². The Kier molecular flexibility index (Phi) is 6.74. The Morgan fingerprint density at radius 3 is 2.15 bits per heavy atom. The van der Waals surface area contributed by atoms with Gasteiger partial charge in [-0.3, -0.25) is 19.3 Å². The number of esters is 1. The number of imide groups is 1. The Balaban J connectivity index is 1.57. The Hall–Kier alpha value is -3.98. The smallest absolute Gasteiger partial charge is 0.341 e. The summed E-state index contributed by atoms with van der Waals surface area (Å²) in [4.78, 5) is 51.6. The molecule has 9 heteroatoms. The second kappa shape index (κ2) is 9.88. The molecule has 1 aliphatic heterocycles. The highest BCUT2D eigenvalue weighted by Gasteiger charge is 2.36. The number of ether oxygens (including phenoxy) is 2. The number of anilines is 1. The maximum atomic E-state index is 12.8. The molecule has 0 bridgehead atoms. The molecule has 0 atom stereocenters. The zero-order valence-corrected chi connectivity index (χ0v) is 19.4. The van der Waals surface area contributed by atoms with Gasteiger partial charge in [-0.15, -0.1) is 11.3 Å². The average Bonchev–Trinajstić information content (AvgIpc) is 3.35. The van der Waals surface area contributed by atoms with Gasteiger partial charge in [-0.25, -0.2) is 4.79 Å². The van der Waals surface area contributed by atoms with Gasteiger partial charge in [-0.2, -0.15) is 0 Å². The van der Waals surface area contributed by atoms with E-state index in [0.29, 0.717) is 17.9 Å². The molecule has 3 amide bonds. The van der Waals surface area contributed by atoms with E-state index in [1.165, 1.54) is 0 Å². The summed E-state index contributed by atoms with van der Waals surface area (Å²) in [7, 11) is 0. The van der Waals surface area contributed by atoms with Gasteiger partial charge < -0.3 is 14.8 Å². The van der Waals surface area contributed by atoms with Gasteiger partial charge >= 0.3 is 5.97 Å². The number of benzene rings is 2. The highest BCUT2D eigenvalue weighted by atomic mass is 32.1. The van der Waals surface area contributed by atoms with Crippen LogP contribution in [0, 0.1) is 0 Å². The molecular formula is C25H22N2O6S. The van der Waals surface area contributed by atoms with Crippen LogP contribution in [0.2, 0.25) is 0 Å². The molecule has 1 aromatic heterocycles. The maximum absolute atomic E-state index is 12.8. The van der Waals surface area contributed by atoms with E-state index in [-0.39, 0.29) is 28.3 Å². The highest BCUT2D eigenvalue weighted by Crippen LogP contribution is 2.37. The van der Waals surface area contributed by atoms with E-state index >= 15 is 0 Å². The minimum absolute atomic E-state index is 0.166. The molecule has 3 aromatic rings. The number of rotatable bonds is 8. The predicted molar refractivity (Wildman–Crippen MR) is 127 cm³/mol. The van der Waals surface area contributed by atoms with E-state index in [2.05, 4.69) is 5.32 Å². The van der Waals surface area contributed by atoms with Crippen molar-refractivity contribution < 1.29 is 28.7 Å². The second-order valence-electron chi connectivity index (χ2n) is 7.32. The molecule has 0 aliphatic carbocycles. The molecule has 0 fully saturated rings. The molecule has 8 nitrogen and oxygen atoms in total. The van der Waals surface area contributed by atoms with Crippen molar-refractivity contribution in [2.45, 2.75) is 13.8 Å². The van der Waals surface area contributed by atoms with Crippen molar-refractivity contribution in [2.24, 2.45) is 0 Å². The first kappa shape index (κ1) is 23.2. The zero-order valence-electron chi connectivity index (χ0n) is 18.6. The van der Waals surface area contributed by atoms with Crippen molar-refractivity contribution in [3.05, 3.63) is 70.6 Å². The molecule has 0 radical (unpaired) electrons. The molecule has 1 N–H and O–H groups in total. The summed E-state index contributed by atoms with van der Waals surface area (Å²) in [6.45, 7) is 3.82. The highest BCUT2D eigenvalue weighted by molar-refractivity contribution is 7.15. The molecule has 0 saturated heterocycles. The zero-order chi connectivity index (χ0) is 24.2. The molecule has 1 aliphatic rings. The minimum atomic E-state index is -0.597. The normalized spacial score (nSPS) is 12.5. The van der Waals surface area contributed by atoms with E-state index in [1.807, 2.05) is 19.1 Å². The lowest BCUT2D eigenvalue weighted by atomic mass is 10.0. The topological polar surface area (TPSA) is 102 Å². The van der Waals surface area contributed by atoms with Crippen molar-refractivity contribution in [3.8, 4) is 16.9 Å². The van der Waals surface area contributed by atoms with Crippen LogP contribution in [0.15, 0.2) is 53.9 Å². The van der Waals surface area contributed by atoms with Gasteiger partial charge in [0, 0.05) is 10.9 Å². The van der Waals surface area contributed by atoms with Crippen LogP contribution < -0.4 is 10.1 Å². The van der Waals surface area contributed by atoms with Gasteiger partial charge in [0.2, 0.25) is 5.91 Å². The monoisotopic (exact) mass is 478 g/mol. The summed E-state index contributed by atoms with van der Waals surface area (Å²) in [6.07, 6.45) is 0. The van der Waals surface area contributed by atoms with Crippen LogP contribution in [0.4, 0.5) is 5.00 Å². The summed E-state index contributed by atoms with van der Waals surface area (Å²) in [5, 5.41) is 4.71. The maximum Gasteiger partial charge on any atom is 0.341 e. The van der Waals surface area contributed by atoms with Gasteiger partial charge in [0.05, 0.1) is 24.3 Å². The fraction of sp³-hybridized carbons (Fsp3) is 0.200. The van der Waals surface area contributed by atoms with E-state index in [9.17, 15) is 19.2 Å². The summed E-state index contributed by atoms with van der Waals surface area (Å²) in [6, 6.07) is 13.7. The summed E-state index contributed by atoms with van der Waals surface area (Å²) >= 11 is 1.16. The predicted octanol–water partition coefficient (Wildman–Crippen LogP) is 4.23. The minimum Gasteiger partial charge on any atom is -0.494 e. The van der Waals surface area contributed by atoms with Crippen molar-refractivity contribution in [1.82, 2.24) is 4.90 Å². The molecule has 4 rings (SSSR count). The Labute approximate surface area is 200 Å². The number of amides is 3. The third-order valence-electron chi connectivity index (χ3n) is 5.18. The van der Waals surface area contributed by atoms with Crippen molar-refractivity contribution in [2.75, 3.05) is 25.1 Å². The van der Waals surface area contributed by atoms with Crippen LogP contribution in [0.1, 0.15) is 44.9 Å². The Bertz CT molecular complexity index is 1230. The number of carbonyl (C=O) groups excluding carboxylic acids is 4. The average molecular weight is 479 g/mol. The number of carbonyl (C=O) groups is 4. The standard InChI is InChI=1S/C25H22N2O6S/c1-3-32-16-11-9-15(10-12-16)19-14-34-22(21(19)25(31)33-4-2)26-20(28)13-27-23(29)17-7-5-6-8-18(17)24(27)30/h5-12,14H,3-4,13H2,1-2H3,(H,26,28). The van der Waals surface area contributed by atoms with E-state index in [1.54, 1.807) is 48.7 Å². The number of fused-ring (bicyclic) bond motifs is 1. The first-order valence-electron chi connectivity index (χ1n) is 10.7. The quantitative estimate of drug-likeness (QED) is 0.384. The van der Waals surface area contributed by atoms with Crippen LogP contribution in [0.25, 0.3) is 11.1 Å². The first-order chi connectivity index (χ1) is 16.4. The molecule has 2 aromatic carbocycles. The fourth-order valence-corrected chi connectivity index (χ4v) is 4.63. The molecule has 0 saturated carbocycles. The van der Waals surface area contributed by atoms with Crippen molar-refractivity contribution in [3.63, 3.8) is 0 Å². The number of nitrogens with zero attached hydrogens (tertiary/aromatic N) is 1. The molecule has 34 heavy (non-hydrogen) atoms. The summed E-state index contributed by atoms with van der Waals surface area (Å²) < 4.78 is 10.7. The molecule has 2 heterocycles. The molecule has 174 valence electrons. The van der Waals surface area contributed by atoms with Gasteiger partial charge in [0.25, 0.3) is 11.8 Å². The number of thiophene rings is 1. The Morgan fingerprint density at radius 2 is 1.56 bits per heavy atom. The fourth-order valence-electron chi connectivity index (χ4n) is 3.66. The third-order valence-corrected chi connectivity index (χ3v) is 6.08. The Morgan fingerprint density at radius 1 is 0.912 bits per heavy atom. The number of hydrogen-bond acceptors (Lipinski definition) is 7. The summed E-state index contributed by atoms with van der Waals surface area (Å²) in [5.74, 6) is -1.53. The van der Waals surface area contributed by atoms with Crippen LogP contribution in [0.5, 0.6) is 5.75 Å². The molecule has 0 unspecified atom stereocenters. The van der Waals surface area contributed by atoms with Gasteiger partial charge in [-0.05, 0) is 43.7 Å². The van der Waals surface area contributed by atoms with E-state index < -0.39 is 30.2 Å². The van der Waals surface area contributed by atoms with Crippen LogP contribution in [-0.2, 0) is 9.53 Å². The lowest BCUT2D eigenvalue weighted by molar-refractivity contribution is -0.116. The van der Waals surface area contributed by atoms with Crippen molar-refractivity contribution >= 4 is 40.0 Å². The van der Waals surface area contributed by atoms with Crippen molar-refractivity contribution in [1.29, 1.82) is 0 Å². The molecule has 0 spiro atoms. The molecular weight excluding hydrogens is 456 g/mol. The lowest BCUT2D eigenvalue weighted by Crippen LogP contribution is -2.37.